The second-order valence-corrected chi connectivity index (χ2v) is 2.60. The van der Waals surface area contributed by atoms with Crippen LogP contribution in [0.25, 0.3) is 0 Å². The number of amides is 1. The highest BCUT2D eigenvalue weighted by atomic mass is 32.1. The van der Waals surface area contributed by atoms with Crippen molar-refractivity contribution in [3.05, 3.63) is 0 Å². The first-order valence-corrected chi connectivity index (χ1v) is 3.96. The first kappa shape index (κ1) is 9.78. The minimum absolute atomic E-state index is 0.0956. The molecule has 0 aromatic heterocycles. The number of carbonyl (C=O) groups excluding carboxylic acids is 1. The molecule has 3 N–H and O–H groups in total. The lowest BCUT2D eigenvalue weighted by molar-refractivity contribution is -0.121. The summed E-state index contributed by atoms with van der Waals surface area (Å²) >= 11 is 3.99. The Labute approximate surface area is 66.8 Å². The molecular weight excluding hydrogens is 148 g/mol. The third-order valence-corrected chi connectivity index (χ3v) is 1.36. The monoisotopic (exact) mass is 162 g/mol. The van der Waals surface area contributed by atoms with Gasteiger partial charge in [0.25, 0.3) is 0 Å². The maximum absolute atomic E-state index is 10.8. The molecule has 60 valence electrons. The van der Waals surface area contributed by atoms with E-state index in [-0.39, 0.29) is 5.91 Å². The predicted molar refractivity (Wildman–Crippen MR) is 45.1 cm³/mol. The fourth-order valence-electron chi connectivity index (χ4n) is 0.452. The molecule has 0 fully saturated rings. The van der Waals surface area contributed by atoms with E-state index in [1.54, 1.807) is 6.92 Å². The zero-order valence-corrected chi connectivity index (χ0v) is 7.03. The first-order valence-electron chi connectivity index (χ1n) is 3.32. The average Bonchev–Trinajstić information content (AvgIpc) is 1.88. The van der Waals surface area contributed by atoms with Crippen molar-refractivity contribution in [2.45, 2.75) is 19.4 Å². The summed E-state index contributed by atoms with van der Waals surface area (Å²) in [6, 6.07) is -0.403. The molecule has 0 spiro atoms. The Morgan fingerprint density at radius 2 is 2.40 bits per heavy atom. The highest BCUT2D eigenvalue weighted by molar-refractivity contribution is 7.80. The third kappa shape index (κ3) is 4.64. The molecule has 0 aromatic carbocycles. The number of hydrogen-bond acceptors (Lipinski definition) is 3. The van der Waals surface area contributed by atoms with Gasteiger partial charge < -0.3 is 11.1 Å². The molecular formula is C6H14N2OS. The van der Waals surface area contributed by atoms with Crippen LogP contribution in [0, 0.1) is 0 Å². The van der Waals surface area contributed by atoms with E-state index in [0.29, 0.717) is 6.54 Å². The van der Waals surface area contributed by atoms with Gasteiger partial charge in [-0.1, -0.05) is 0 Å². The summed E-state index contributed by atoms with van der Waals surface area (Å²) in [7, 11) is 0. The molecule has 10 heavy (non-hydrogen) atoms. The molecule has 0 aromatic rings. The molecule has 1 atom stereocenters. The highest BCUT2D eigenvalue weighted by Gasteiger charge is 2.03. The van der Waals surface area contributed by atoms with Gasteiger partial charge in [0.15, 0.2) is 0 Å². The molecule has 0 aliphatic heterocycles. The van der Waals surface area contributed by atoms with Crippen LogP contribution in [-0.4, -0.2) is 24.2 Å². The third-order valence-electron chi connectivity index (χ3n) is 1.05. The Balaban J connectivity index is 3.22. The lowest BCUT2D eigenvalue weighted by atomic mass is 10.3. The van der Waals surface area contributed by atoms with E-state index < -0.39 is 6.04 Å². The van der Waals surface area contributed by atoms with Gasteiger partial charge in [0, 0.05) is 6.54 Å². The summed E-state index contributed by atoms with van der Waals surface area (Å²) in [5, 5.41) is 2.67. The van der Waals surface area contributed by atoms with Crippen LogP contribution in [-0.2, 0) is 4.79 Å². The number of rotatable bonds is 4. The van der Waals surface area contributed by atoms with E-state index in [4.69, 9.17) is 5.73 Å². The molecule has 0 aliphatic rings. The molecule has 3 nitrogen and oxygen atoms in total. The Morgan fingerprint density at radius 3 is 2.80 bits per heavy atom. The SMILES string of the molecule is CC(N)C(=O)NCCCS. The van der Waals surface area contributed by atoms with Crippen LogP contribution in [0.4, 0.5) is 0 Å². The maximum Gasteiger partial charge on any atom is 0.236 e. The molecule has 0 aliphatic carbocycles. The van der Waals surface area contributed by atoms with Crippen LogP contribution >= 0.6 is 12.6 Å². The molecule has 1 amide bonds. The lowest BCUT2D eigenvalue weighted by Crippen LogP contribution is -2.38. The summed E-state index contributed by atoms with van der Waals surface area (Å²) < 4.78 is 0. The molecule has 0 bridgehead atoms. The summed E-state index contributed by atoms with van der Waals surface area (Å²) in [6.07, 6.45) is 0.890. The van der Waals surface area contributed by atoms with Crippen LogP contribution < -0.4 is 11.1 Å². The van der Waals surface area contributed by atoms with Gasteiger partial charge in [0.2, 0.25) is 5.91 Å². The van der Waals surface area contributed by atoms with Crippen LogP contribution in [0.2, 0.25) is 0 Å². The van der Waals surface area contributed by atoms with Gasteiger partial charge in [-0.15, -0.1) is 0 Å². The number of carbonyl (C=O) groups is 1. The molecule has 1 unspecified atom stereocenters. The van der Waals surface area contributed by atoms with Gasteiger partial charge in [-0.25, -0.2) is 0 Å². The van der Waals surface area contributed by atoms with Gasteiger partial charge >= 0.3 is 0 Å². The minimum atomic E-state index is -0.403. The van der Waals surface area contributed by atoms with E-state index in [9.17, 15) is 4.79 Å². The molecule has 4 heteroatoms. The Morgan fingerprint density at radius 1 is 1.80 bits per heavy atom. The first-order chi connectivity index (χ1) is 4.68. The van der Waals surface area contributed by atoms with Gasteiger partial charge in [-0.05, 0) is 19.1 Å². The Bertz CT molecular complexity index is 106. The van der Waals surface area contributed by atoms with E-state index >= 15 is 0 Å². The van der Waals surface area contributed by atoms with Crippen molar-refractivity contribution in [3.63, 3.8) is 0 Å². The summed E-state index contributed by atoms with van der Waals surface area (Å²) in [5.41, 5.74) is 5.29. The van der Waals surface area contributed by atoms with Crippen LogP contribution in [0.3, 0.4) is 0 Å². The number of thiol groups is 1. The summed E-state index contributed by atoms with van der Waals surface area (Å²) in [4.78, 5) is 10.8. The fraction of sp³-hybridized carbons (Fsp3) is 0.833. The van der Waals surface area contributed by atoms with E-state index in [1.807, 2.05) is 0 Å². The maximum atomic E-state index is 10.8. The average molecular weight is 162 g/mol. The van der Waals surface area contributed by atoms with Crippen molar-refractivity contribution in [1.29, 1.82) is 0 Å². The van der Waals surface area contributed by atoms with Gasteiger partial charge in [-0.3, -0.25) is 4.79 Å². The second-order valence-electron chi connectivity index (χ2n) is 2.16. The molecule has 0 saturated heterocycles. The van der Waals surface area contributed by atoms with Crippen molar-refractivity contribution in [1.82, 2.24) is 5.32 Å². The normalized spacial score (nSPS) is 12.7. The highest BCUT2D eigenvalue weighted by Crippen LogP contribution is 1.81. The minimum Gasteiger partial charge on any atom is -0.355 e. The lowest BCUT2D eigenvalue weighted by Gasteiger charge is -2.05. The molecule has 0 rings (SSSR count). The molecule has 0 heterocycles. The predicted octanol–water partition coefficient (Wildman–Crippen LogP) is -0.230. The number of nitrogens with two attached hydrogens (primary N) is 1. The van der Waals surface area contributed by atoms with Crippen molar-refractivity contribution < 1.29 is 4.79 Å². The van der Waals surface area contributed by atoms with Crippen molar-refractivity contribution in [2.75, 3.05) is 12.3 Å². The number of nitrogens with one attached hydrogen (secondary N) is 1. The zero-order valence-electron chi connectivity index (χ0n) is 6.13. The van der Waals surface area contributed by atoms with Crippen molar-refractivity contribution >= 4 is 18.5 Å². The van der Waals surface area contributed by atoms with Crippen LogP contribution in [0.15, 0.2) is 0 Å². The van der Waals surface area contributed by atoms with Gasteiger partial charge in [0.1, 0.15) is 0 Å². The smallest absolute Gasteiger partial charge is 0.236 e. The van der Waals surface area contributed by atoms with Crippen LogP contribution in [0.5, 0.6) is 0 Å². The van der Waals surface area contributed by atoms with Crippen molar-refractivity contribution in [2.24, 2.45) is 5.73 Å². The zero-order chi connectivity index (χ0) is 7.98. The van der Waals surface area contributed by atoms with Gasteiger partial charge in [0.05, 0.1) is 6.04 Å². The quantitative estimate of drug-likeness (QED) is 0.395. The molecule has 0 radical (unpaired) electrons. The van der Waals surface area contributed by atoms with Crippen LogP contribution in [0.1, 0.15) is 13.3 Å². The Kier molecular flexibility index (Phi) is 5.43. The standard InChI is InChI=1S/C6H14N2OS/c1-5(7)6(9)8-3-2-4-10/h5,10H,2-4,7H2,1H3,(H,8,9). The largest absolute Gasteiger partial charge is 0.355 e. The summed E-state index contributed by atoms with van der Waals surface area (Å²) in [5.74, 6) is 0.695. The summed E-state index contributed by atoms with van der Waals surface area (Å²) in [6.45, 7) is 2.33. The van der Waals surface area contributed by atoms with Crippen molar-refractivity contribution in [3.8, 4) is 0 Å². The van der Waals surface area contributed by atoms with E-state index in [2.05, 4.69) is 17.9 Å². The number of hydrogen-bond donors (Lipinski definition) is 3. The topological polar surface area (TPSA) is 55.1 Å². The molecule has 0 saturated carbocycles. The van der Waals surface area contributed by atoms with E-state index in [0.717, 1.165) is 12.2 Å². The van der Waals surface area contributed by atoms with Gasteiger partial charge in [-0.2, -0.15) is 12.6 Å². The Hall–Kier alpha value is -0.220. The van der Waals surface area contributed by atoms with E-state index in [1.165, 1.54) is 0 Å². The fourth-order valence-corrected chi connectivity index (χ4v) is 0.610. The second kappa shape index (κ2) is 5.56.